The quantitative estimate of drug-likeness (QED) is 0.877. The lowest BCUT2D eigenvalue weighted by atomic mass is 10.1. The number of hydrogen-bond acceptors (Lipinski definition) is 5. The monoisotopic (exact) mass is 262 g/mol. The minimum absolute atomic E-state index is 0.247. The Labute approximate surface area is 111 Å². The molecule has 0 aliphatic heterocycles. The molecule has 2 rings (SSSR count). The first-order chi connectivity index (χ1) is 8.77. The maximum Gasteiger partial charge on any atom is 0.297 e. The number of carbonyl (C=O) groups is 1. The molecule has 102 valence electrons. The molecule has 19 heavy (non-hydrogen) atoms. The van der Waals surface area contributed by atoms with Gasteiger partial charge in [-0.3, -0.25) is 4.79 Å². The molecule has 1 aromatic carbocycles. The van der Waals surface area contributed by atoms with E-state index in [1.165, 1.54) is 0 Å². The van der Waals surface area contributed by atoms with Crippen molar-refractivity contribution < 1.29 is 9.21 Å². The molecular weight excluding hydrogens is 244 g/mol. The van der Waals surface area contributed by atoms with Crippen molar-refractivity contribution in [1.82, 2.24) is 4.98 Å². The van der Waals surface area contributed by atoms with Crippen molar-refractivity contribution in [2.45, 2.75) is 19.4 Å². The first kappa shape index (κ1) is 13.4. The van der Waals surface area contributed by atoms with Crippen molar-refractivity contribution in [1.29, 1.82) is 0 Å². The van der Waals surface area contributed by atoms with Gasteiger partial charge in [-0.2, -0.15) is 4.98 Å². The zero-order chi connectivity index (χ0) is 14.2. The van der Waals surface area contributed by atoms with Crippen molar-refractivity contribution >= 4 is 28.7 Å². The van der Waals surface area contributed by atoms with E-state index in [1.54, 1.807) is 36.9 Å². The summed E-state index contributed by atoms with van der Waals surface area (Å²) in [5.74, 6) is -0.247. The molecule has 0 atom stereocenters. The SMILES string of the molecule is CN(C)c1nc2cc(NC(=O)C(C)(C)N)ccc2o1. The van der Waals surface area contributed by atoms with Crippen LogP contribution >= 0.6 is 0 Å². The molecule has 0 bridgehead atoms. The summed E-state index contributed by atoms with van der Waals surface area (Å²) in [4.78, 5) is 17.9. The summed E-state index contributed by atoms with van der Waals surface area (Å²) in [6, 6.07) is 5.82. The lowest BCUT2D eigenvalue weighted by Crippen LogP contribution is -2.45. The molecule has 1 aromatic heterocycles. The zero-order valence-electron chi connectivity index (χ0n) is 11.5. The van der Waals surface area contributed by atoms with Gasteiger partial charge in [-0.05, 0) is 32.0 Å². The van der Waals surface area contributed by atoms with Gasteiger partial charge in [0.1, 0.15) is 5.52 Å². The van der Waals surface area contributed by atoms with Crippen LogP contribution in [0.1, 0.15) is 13.8 Å². The predicted octanol–water partition coefficient (Wildman–Crippen LogP) is 1.57. The number of fused-ring (bicyclic) bond motifs is 1. The molecule has 2 aromatic rings. The molecule has 0 radical (unpaired) electrons. The maximum atomic E-state index is 11.8. The topological polar surface area (TPSA) is 84.4 Å². The molecule has 6 nitrogen and oxygen atoms in total. The highest BCUT2D eigenvalue weighted by atomic mass is 16.4. The van der Waals surface area contributed by atoms with E-state index in [2.05, 4.69) is 10.3 Å². The van der Waals surface area contributed by atoms with E-state index in [0.717, 1.165) is 0 Å². The Morgan fingerprint density at radius 3 is 2.68 bits per heavy atom. The van der Waals surface area contributed by atoms with Gasteiger partial charge >= 0.3 is 0 Å². The van der Waals surface area contributed by atoms with Crippen molar-refractivity contribution in [3.63, 3.8) is 0 Å². The summed E-state index contributed by atoms with van der Waals surface area (Å²) in [7, 11) is 3.70. The fourth-order valence-electron chi connectivity index (χ4n) is 1.48. The molecular formula is C13H18N4O2. The Hall–Kier alpha value is -2.08. The lowest BCUT2D eigenvalue weighted by Gasteiger charge is -2.17. The number of aromatic nitrogens is 1. The standard InChI is InChI=1S/C13H18N4O2/c1-13(2,14)11(18)15-8-5-6-10-9(7-8)16-12(19-10)17(3)4/h5-7H,14H2,1-4H3,(H,15,18). The van der Waals surface area contributed by atoms with Crippen LogP contribution in [-0.4, -0.2) is 30.5 Å². The molecule has 0 aliphatic carbocycles. The van der Waals surface area contributed by atoms with E-state index >= 15 is 0 Å². The van der Waals surface area contributed by atoms with Crippen LogP contribution in [-0.2, 0) is 4.79 Å². The molecule has 1 amide bonds. The lowest BCUT2D eigenvalue weighted by molar-refractivity contribution is -0.120. The number of rotatable bonds is 3. The summed E-state index contributed by atoms with van der Waals surface area (Å²) in [6.45, 7) is 3.31. The van der Waals surface area contributed by atoms with Gasteiger partial charge in [0.25, 0.3) is 6.01 Å². The first-order valence-electron chi connectivity index (χ1n) is 5.95. The normalized spacial score (nSPS) is 11.6. The number of anilines is 2. The summed E-state index contributed by atoms with van der Waals surface area (Å²) in [6.07, 6.45) is 0. The molecule has 3 N–H and O–H groups in total. The van der Waals surface area contributed by atoms with Crippen LogP contribution in [0.2, 0.25) is 0 Å². The number of nitrogens with zero attached hydrogens (tertiary/aromatic N) is 2. The number of oxazole rings is 1. The highest BCUT2D eigenvalue weighted by Crippen LogP contribution is 2.23. The van der Waals surface area contributed by atoms with Gasteiger partial charge in [-0.15, -0.1) is 0 Å². The number of carbonyl (C=O) groups excluding carboxylic acids is 1. The molecule has 0 spiro atoms. The number of amides is 1. The second kappa shape index (κ2) is 4.55. The van der Waals surface area contributed by atoms with Crippen LogP contribution in [0.25, 0.3) is 11.1 Å². The number of nitrogens with two attached hydrogens (primary N) is 1. The Bertz CT molecular complexity index is 611. The van der Waals surface area contributed by atoms with Gasteiger partial charge < -0.3 is 20.4 Å². The second-order valence-electron chi connectivity index (χ2n) is 5.25. The summed E-state index contributed by atoms with van der Waals surface area (Å²) >= 11 is 0. The van der Waals surface area contributed by atoms with Crippen LogP contribution in [0, 0.1) is 0 Å². The van der Waals surface area contributed by atoms with Gasteiger partial charge in [0.2, 0.25) is 5.91 Å². The smallest absolute Gasteiger partial charge is 0.297 e. The van der Waals surface area contributed by atoms with Crippen LogP contribution in [0.3, 0.4) is 0 Å². The third-order valence-corrected chi connectivity index (χ3v) is 2.60. The maximum absolute atomic E-state index is 11.8. The summed E-state index contributed by atoms with van der Waals surface area (Å²) in [5, 5.41) is 2.75. The van der Waals surface area contributed by atoms with Gasteiger partial charge in [0.15, 0.2) is 5.58 Å². The largest absolute Gasteiger partial charge is 0.423 e. The van der Waals surface area contributed by atoms with Gasteiger partial charge in [0.05, 0.1) is 5.54 Å². The fourth-order valence-corrected chi connectivity index (χ4v) is 1.48. The van der Waals surface area contributed by atoms with E-state index in [4.69, 9.17) is 10.2 Å². The van der Waals surface area contributed by atoms with Crippen molar-refractivity contribution in [3.05, 3.63) is 18.2 Å². The fraction of sp³-hybridized carbons (Fsp3) is 0.385. The molecule has 1 heterocycles. The molecule has 0 aliphatic rings. The highest BCUT2D eigenvalue weighted by molar-refractivity contribution is 5.98. The Morgan fingerprint density at radius 2 is 2.11 bits per heavy atom. The van der Waals surface area contributed by atoms with E-state index in [-0.39, 0.29) is 5.91 Å². The van der Waals surface area contributed by atoms with Crippen LogP contribution < -0.4 is 16.0 Å². The zero-order valence-corrected chi connectivity index (χ0v) is 11.5. The average Bonchev–Trinajstić information content (AvgIpc) is 2.70. The number of benzene rings is 1. The summed E-state index contributed by atoms with van der Waals surface area (Å²) in [5.41, 5.74) is 6.82. The minimum Gasteiger partial charge on any atom is -0.423 e. The Morgan fingerprint density at radius 1 is 1.42 bits per heavy atom. The van der Waals surface area contributed by atoms with Gasteiger partial charge in [-0.25, -0.2) is 0 Å². The summed E-state index contributed by atoms with van der Waals surface area (Å²) < 4.78 is 5.53. The molecule has 0 fully saturated rings. The number of hydrogen-bond donors (Lipinski definition) is 2. The average molecular weight is 262 g/mol. The Balaban J connectivity index is 2.29. The van der Waals surface area contributed by atoms with Crippen LogP contribution in [0.4, 0.5) is 11.7 Å². The minimum atomic E-state index is -0.923. The highest BCUT2D eigenvalue weighted by Gasteiger charge is 2.22. The van der Waals surface area contributed by atoms with Gasteiger partial charge in [-0.1, -0.05) is 0 Å². The van der Waals surface area contributed by atoms with Crippen molar-refractivity contribution in [2.24, 2.45) is 5.73 Å². The molecule has 0 saturated heterocycles. The van der Waals surface area contributed by atoms with E-state index in [9.17, 15) is 4.79 Å². The predicted molar refractivity (Wildman–Crippen MR) is 75.2 cm³/mol. The third-order valence-electron chi connectivity index (χ3n) is 2.60. The Kier molecular flexibility index (Phi) is 3.20. The van der Waals surface area contributed by atoms with E-state index in [1.807, 2.05) is 14.1 Å². The van der Waals surface area contributed by atoms with Gasteiger partial charge in [0, 0.05) is 19.8 Å². The van der Waals surface area contributed by atoms with Crippen molar-refractivity contribution in [2.75, 3.05) is 24.3 Å². The first-order valence-corrected chi connectivity index (χ1v) is 5.95. The van der Waals surface area contributed by atoms with Crippen LogP contribution in [0.5, 0.6) is 0 Å². The van der Waals surface area contributed by atoms with Crippen molar-refractivity contribution in [3.8, 4) is 0 Å². The van der Waals surface area contributed by atoms with Crippen LogP contribution in [0.15, 0.2) is 22.6 Å². The number of nitrogens with one attached hydrogen (secondary N) is 1. The molecule has 0 saturated carbocycles. The second-order valence-corrected chi connectivity index (χ2v) is 5.25. The van der Waals surface area contributed by atoms with E-state index in [0.29, 0.717) is 22.8 Å². The van der Waals surface area contributed by atoms with E-state index < -0.39 is 5.54 Å². The molecule has 6 heteroatoms. The third kappa shape index (κ3) is 2.85. The molecule has 0 unspecified atom stereocenters.